The highest BCUT2D eigenvalue weighted by Gasteiger charge is 2.24. The first-order valence-electron chi connectivity index (χ1n) is 5.92. The molecule has 2 N–H and O–H groups in total. The van der Waals surface area contributed by atoms with Gasteiger partial charge in [-0.15, -0.1) is 11.3 Å². The fourth-order valence-corrected chi connectivity index (χ4v) is 3.95. The van der Waals surface area contributed by atoms with Gasteiger partial charge in [0.15, 0.2) is 0 Å². The normalized spacial score (nSPS) is 12.6. The summed E-state index contributed by atoms with van der Waals surface area (Å²) in [6.45, 7) is 7.85. The van der Waals surface area contributed by atoms with Crippen molar-refractivity contribution in [2.75, 3.05) is 6.54 Å². The molecule has 108 valence electrons. The van der Waals surface area contributed by atoms with Gasteiger partial charge in [-0.2, -0.15) is 0 Å². The Labute approximate surface area is 117 Å². The number of thiophene rings is 1. The van der Waals surface area contributed by atoms with Crippen LogP contribution in [-0.2, 0) is 10.0 Å². The van der Waals surface area contributed by atoms with Gasteiger partial charge in [0, 0.05) is 6.54 Å². The average molecular weight is 305 g/mol. The summed E-state index contributed by atoms with van der Waals surface area (Å²) in [5.41, 5.74) is 0.335. The van der Waals surface area contributed by atoms with Crippen LogP contribution in [0.2, 0.25) is 0 Å². The molecule has 1 aromatic rings. The molecule has 7 heteroatoms. The predicted molar refractivity (Wildman–Crippen MR) is 75.3 cm³/mol. The van der Waals surface area contributed by atoms with E-state index in [9.17, 15) is 13.2 Å². The molecule has 0 aromatic carbocycles. The molecule has 0 radical (unpaired) electrons. The zero-order chi connectivity index (χ0) is 14.8. The van der Waals surface area contributed by atoms with Gasteiger partial charge in [0.1, 0.15) is 9.09 Å². The third-order valence-electron chi connectivity index (χ3n) is 3.05. The monoisotopic (exact) mass is 305 g/mol. The van der Waals surface area contributed by atoms with Crippen LogP contribution in [0.4, 0.5) is 0 Å². The predicted octanol–water partition coefficient (Wildman–Crippen LogP) is 2.47. The third-order valence-corrected chi connectivity index (χ3v) is 6.15. The van der Waals surface area contributed by atoms with E-state index in [2.05, 4.69) is 4.72 Å². The summed E-state index contributed by atoms with van der Waals surface area (Å²) in [6, 6.07) is 1.40. The van der Waals surface area contributed by atoms with Gasteiger partial charge in [-0.3, -0.25) is 0 Å². The number of sulfonamides is 1. The Balaban J connectivity index is 2.96. The van der Waals surface area contributed by atoms with Crippen molar-refractivity contribution in [1.82, 2.24) is 4.72 Å². The lowest BCUT2D eigenvalue weighted by Gasteiger charge is -2.22. The summed E-state index contributed by atoms with van der Waals surface area (Å²) in [6.07, 6.45) is 0.847. The second kappa shape index (κ2) is 5.60. The molecule has 5 nitrogen and oxygen atoms in total. The first-order chi connectivity index (χ1) is 8.59. The van der Waals surface area contributed by atoms with E-state index in [1.165, 1.54) is 6.07 Å². The van der Waals surface area contributed by atoms with E-state index in [0.29, 0.717) is 12.1 Å². The summed E-state index contributed by atoms with van der Waals surface area (Å²) in [7, 11) is -3.63. The van der Waals surface area contributed by atoms with Gasteiger partial charge >= 0.3 is 5.97 Å². The molecule has 0 fully saturated rings. The fourth-order valence-electron chi connectivity index (χ4n) is 1.28. The second-order valence-electron chi connectivity index (χ2n) is 5.23. The second-order valence-corrected chi connectivity index (χ2v) is 8.27. The Kier molecular flexibility index (Phi) is 4.76. The smallest absolute Gasteiger partial charge is 0.346 e. The summed E-state index contributed by atoms with van der Waals surface area (Å²) >= 11 is 0.783. The minimum absolute atomic E-state index is 0.0503. The maximum atomic E-state index is 12.1. The number of carboxylic acid groups (broad SMARTS) is 1. The topological polar surface area (TPSA) is 83.5 Å². The molecule has 19 heavy (non-hydrogen) atoms. The summed E-state index contributed by atoms with van der Waals surface area (Å²) < 4.78 is 26.8. The molecule has 0 aliphatic heterocycles. The van der Waals surface area contributed by atoms with Crippen LogP contribution in [0.5, 0.6) is 0 Å². The minimum atomic E-state index is -3.63. The largest absolute Gasteiger partial charge is 0.477 e. The standard InChI is InChI=1S/C12H19NO4S2/c1-5-12(3,4)7-13-19(16,17)9-6-8(2)10(18-9)11(14)15/h6,13H,5,7H2,1-4H3,(H,14,15). The first kappa shape index (κ1) is 16.1. The molecule has 0 aliphatic carbocycles. The van der Waals surface area contributed by atoms with E-state index in [0.717, 1.165) is 17.8 Å². The summed E-state index contributed by atoms with van der Waals surface area (Å²) in [5, 5.41) is 8.94. The number of carboxylic acids is 1. The molecular weight excluding hydrogens is 286 g/mol. The Morgan fingerprint density at radius 1 is 1.47 bits per heavy atom. The molecule has 0 bridgehead atoms. The van der Waals surface area contributed by atoms with Crippen molar-refractivity contribution in [2.45, 2.75) is 38.3 Å². The van der Waals surface area contributed by atoms with Crippen molar-refractivity contribution in [1.29, 1.82) is 0 Å². The van der Waals surface area contributed by atoms with Gasteiger partial charge in [-0.05, 0) is 30.4 Å². The highest BCUT2D eigenvalue weighted by atomic mass is 32.2. The molecule has 0 amide bonds. The quantitative estimate of drug-likeness (QED) is 0.845. The number of carbonyl (C=O) groups is 1. The van der Waals surface area contributed by atoms with Gasteiger partial charge in [0.2, 0.25) is 10.0 Å². The number of nitrogens with one attached hydrogen (secondary N) is 1. The van der Waals surface area contributed by atoms with Crippen molar-refractivity contribution in [3.05, 3.63) is 16.5 Å². The lowest BCUT2D eigenvalue weighted by atomic mass is 9.91. The van der Waals surface area contributed by atoms with Crippen molar-refractivity contribution in [2.24, 2.45) is 5.41 Å². The lowest BCUT2D eigenvalue weighted by Crippen LogP contribution is -2.33. The highest BCUT2D eigenvalue weighted by Crippen LogP contribution is 2.26. The fraction of sp³-hybridized carbons (Fsp3) is 0.583. The Morgan fingerprint density at radius 3 is 2.47 bits per heavy atom. The van der Waals surface area contributed by atoms with Crippen LogP contribution < -0.4 is 4.72 Å². The number of aryl methyl sites for hydroxylation is 1. The van der Waals surface area contributed by atoms with Crippen LogP contribution in [0, 0.1) is 12.3 Å². The summed E-state index contributed by atoms with van der Waals surface area (Å²) in [4.78, 5) is 11.0. The van der Waals surface area contributed by atoms with Crippen LogP contribution in [-0.4, -0.2) is 26.0 Å². The van der Waals surface area contributed by atoms with E-state index in [1.807, 2.05) is 20.8 Å². The van der Waals surface area contributed by atoms with E-state index < -0.39 is 16.0 Å². The van der Waals surface area contributed by atoms with Gasteiger partial charge in [0.25, 0.3) is 0 Å². The molecule has 1 rings (SSSR count). The van der Waals surface area contributed by atoms with Gasteiger partial charge in [-0.1, -0.05) is 20.8 Å². The lowest BCUT2D eigenvalue weighted by molar-refractivity contribution is 0.0701. The molecule has 0 aliphatic rings. The van der Waals surface area contributed by atoms with Crippen LogP contribution in [0.25, 0.3) is 0 Å². The maximum absolute atomic E-state index is 12.1. The third kappa shape index (κ3) is 4.02. The van der Waals surface area contributed by atoms with E-state index in [1.54, 1.807) is 6.92 Å². The average Bonchev–Trinajstić information content (AvgIpc) is 2.70. The Bertz CT molecular complexity index is 573. The molecule has 0 unspecified atom stereocenters. The Hall–Kier alpha value is -0.920. The molecule has 0 saturated carbocycles. The molecule has 0 atom stereocenters. The number of hydrogen-bond acceptors (Lipinski definition) is 4. The van der Waals surface area contributed by atoms with Crippen molar-refractivity contribution < 1.29 is 18.3 Å². The van der Waals surface area contributed by atoms with E-state index >= 15 is 0 Å². The minimum Gasteiger partial charge on any atom is -0.477 e. The SMILES string of the molecule is CCC(C)(C)CNS(=O)(=O)c1cc(C)c(C(=O)O)s1. The first-order valence-corrected chi connectivity index (χ1v) is 8.22. The Morgan fingerprint density at radius 2 is 2.05 bits per heavy atom. The van der Waals surface area contributed by atoms with Crippen molar-refractivity contribution >= 4 is 27.3 Å². The van der Waals surface area contributed by atoms with E-state index in [-0.39, 0.29) is 14.5 Å². The van der Waals surface area contributed by atoms with Crippen LogP contribution >= 0.6 is 11.3 Å². The van der Waals surface area contributed by atoms with Gasteiger partial charge in [0.05, 0.1) is 0 Å². The van der Waals surface area contributed by atoms with E-state index in [4.69, 9.17) is 5.11 Å². The van der Waals surface area contributed by atoms with Crippen molar-refractivity contribution in [3.8, 4) is 0 Å². The number of rotatable bonds is 6. The highest BCUT2D eigenvalue weighted by molar-refractivity contribution is 7.91. The molecule has 0 saturated heterocycles. The summed E-state index contributed by atoms with van der Waals surface area (Å²) in [5.74, 6) is -1.10. The maximum Gasteiger partial charge on any atom is 0.346 e. The molecule has 1 heterocycles. The number of hydrogen-bond donors (Lipinski definition) is 2. The van der Waals surface area contributed by atoms with Crippen LogP contribution in [0.3, 0.4) is 0 Å². The molecule has 0 spiro atoms. The molecular formula is C12H19NO4S2. The van der Waals surface area contributed by atoms with Gasteiger partial charge < -0.3 is 5.11 Å². The van der Waals surface area contributed by atoms with Crippen LogP contribution in [0.1, 0.15) is 42.4 Å². The zero-order valence-electron chi connectivity index (χ0n) is 11.5. The van der Waals surface area contributed by atoms with Gasteiger partial charge in [-0.25, -0.2) is 17.9 Å². The van der Waals surface area contributed by atoms with Crippen molar-refractivity contribution in [3.63, 3.8) is 0 Å². The number of aromatic carboxylic acids is 1. The molecule has 1 aromatic heterocycles. The van der Waals surface area contributed by atoms with Crippen LogP contribution in [0.15, 0.2) is 10.3 Å². The zero-order valence-corrected chi connectivity index (χ0v) is 13.1.